The molecule has 1 aromatic carbocycles. The Morgan fingerprint density at radius 1 is 1.03 bits per heavy atom. The largest absolute Gasteiger partial charge is 0.416 e. The van der Waals surface area contributed by atoms with Crippen LogP contribution in [0, 0.1) is 0 Å². The number of hydrogen-bond donors (Lipinski definition) is 2. The Hall–Kier alpha value is -2.85. The van der Waals surface area contributed by atoms with Gasteiger partial charge in [0.2, 0.25) is 5.91 Å². The van der Waals surface area contributed by atoms with Crippen LogP contribution in [0.15, 0.2) is 47.4 Å². The normalized spacial score (nSPS) is 21.3. The lowest BCUT2D eigenvalue weighted by Crippen LogP contribution is -2.63. The quantitative estimate of drug-likeness (QED) is 0.625. The zero-order chi connectivity index (χ0) is 25.2. The second-order valence-electron chi connectivity index (χ2n) is 9.03. The van der Waals surface area contributed by atoms with Crippen LogP contribution in [0.5, 0.6) is 0 Å². The first-order valence-electron chi connectivity index (χ1n) is 11.5. The summed E-state index contributed by atoms with van der Waals surface area (Å²) in [5.41, 5.74) is -1.12. The highest BCUT2D eigenvalue weighted by Crippen LogP contribution is 2.32. The topological polar surface area (TPSA) is 83.4 Å². The van der Waals surface area contributed by atoms with E-state index in [-0.39, 0.29) is 35.7 Å². The number of aromatic nitrogens is 1. The number of benzene rings is 1. The van der Waals surface area contributed by atoms with E-state index in [0.717, 1.165) is 43.9 Å². The van der Waals surface area contributed by atoms with Crippen molar-refractivity contribution in [3.05, 3.63) is 69.1 Å². The van der Waals surface area contributed by atoms with Gasteiger partial charge in [0.1, 0.15) is 0 Å². The Bertz CT molecular complexity index is 1140. The summed E-state index contributed by atoms with van der Waals surface area (Å²) in [6.45, 7) is 1.07. The minimum atomic E-state index is -4.55. The van der Waals surface area contributed by atoms with E-state index < -0.39 is 17.6 Å². The lowest BCUT2D eigenvalue weighted by molar-refractivity contribution is -0.137. The molecule has 1 aliphatic carbocycles. The maximum Gasteiger partial charge on any atom is 0.416 e. The number of carbonyl (C=O) groups is 2. The molecule has 1 saturated carbocycles. The van der Waals surface area contributed by atoms with Crippen molar-refractivity contribution < 1.29 is 22.8 Å². The zero-order valence-corrected chi connectivity index (χ0v) is 19.6. The summed E-state index contributed by atoms with van der Waals surface area (Å²) in [5, 5.41) is 5.75. The molecule has 0 unspecified atom stereocenters. The van der Waals surface area contributed by atoms with Crippen molar-refractivity contribution >= 4 is 23.4 Å². The van der Waals surface area contributed by atoms with Crippen LogP contribution in [0.25, 0.3) is 0 Å². The van der Waals surface area contributed by atoms with E-state index in [9.17, 15) is 27.6 Å². The van der Waals surface area contributed by atoms with E-state index in [4.69, 9.17) is 11.6 Å². The van der Waals surface area contributed by atoms with Crippen LogP contribution >= 0.6 is 11.6 Å². The molecular formula is C24H26ClF3N4O3. The molecule has 7 nitrogen and oxygen atoms in total. The van der Waals surface area contributed by atoms with E-state index in [1.54, 1.807) is 16.8 Å². The molecule has 2 aliphatic rings. The van der Waals surface area contributed by atoms with Crippen LogP contribution in [0.4, 0.5) is 13.2 Å². The Balaban J connectivity index is 1.17. The molecule has 1 aromatic heterocycles. The van der Waals surface area contributed by atoms with Crippen molar-refractivity contribution in [1.82, 2.24) is 20.1 Å². The maximum absolute atomic E-state index is 12.8. The van der Waals surface area contributed by atoms with E-state index in [2.05, 4.69) is 15.5 Å². The van der Waals surface area contributed by atoms with Gasteiger partial charge in [-0.05, 0) is 49.9 Å². The van der Waals surface area contributed by atoms with Crippen LogP contribution in [-0.2, 0) is 11.0 Å². The van der Waals surface area contributed by atoms with Crippen molar-refractivity contribution in [2.45, 2.75) is 50.0 Å². The summed E-state index contributed by atoms with van der Waals surface area (Å²) in [4.78, 5) is 38.7. The van der Waals surface area contributed by atoms with Crippen LogP contribution < -0.4 is 16.2 Å². The standard InChI is InChI=1S/C24H26ClF3N4O3/c25-17-4-9-22(34)32(12-17)20-7-5-19(6-8-20)31-13-18(14-31)30-21(33)11-29-23(35)15-2-1-3-16(10-15)24(26,27)28/h1-4,9-10,12,18-20H,5-8,11,13-14H2,(H,29,35)(H,30,33). The van der Waals surface area contributed by atoms with Gasteiger partial charge in [0.05, 0.1) is 23.2 Å². The van der Waals surface area contributed by atoms with Gasteiger partial charge in [-0.25, -0.2) is 0 Å². The van der Waals surface area contributed by atoms with Crippen LogP contribution in [0.2, 0.25) is 5.02 Å². The van der Waals surface area contributed by atoms with Crippen LogP contribution in [-0.4, -0.2) is 53.0 Å². The number of amides is 2. The third kappa shape index (κ3) is 6.24. The Morgan fingerprint density at radius 2 is 1.71 bits per heavy atom. The van der Waals surface area contributed by atoms with Gasteiger partial charge < -0.3 is 15.2 Å². The Kier molecular flexibility index (Phi) is 7.51. The van der Waals surface area contributed by atoms with Crippen molar-refractivity contribution in [2.24, 2.45) is 0 Å². The fourth-order valence-corrected chi connectivity index (χ4v) is 4.91. The van der Waals surface area contributed by atoms with Crippen LogP contribution in [0.3, 0.4) is 0 Å². The van der Waals surface area contributed by atoms with E-state index >= 15 is 0 Å². The van der Waals surface area contributed by atoms with Crippen molar-refractivity contribution in [1.29, 1.82) is 0 Å². The highest BCUT2D eigenvalue weighted by molar-refractivity contribution is 6.30. The number of carbonyl (C=O) groups excluding carboxylic acids is 2. The molecule has 0 radical (unpaired) electrons. The Morgan fingerprint density at radius 3 is 2.40 bits per heavy atom. The summed E-state index contributed by atoms with van der Waals surface area (Å²) < 4.78 is 40.1. The molecule has 4 rings (SSSR count). The van der Waals surface area contributed by atoms with Gasteiger partial charge >= 0.3 is 6.18 Å². The molecule has 0 spiro atoms. The molecule has 1 saturated heterocycles. The summed E-state index contributed by atoms with van der Waals surface area (Å²) in [7, 11) is 0. The van der Waals surface area contributed by atoms with Gasteiger partial charge in [0.25, 0.3) is 11.5 Å². The number of nitrogens with zero attached hydrogens (tertiary/aromatic N) is 2. The van der Waals surface area contributed by atoms with Gasteiger partial charge in [0, 0.05) is 43.0 Å². The molecule has 1 aliphatic heterocycles. The molecule has 0 bridgehead atoms. The molecule has 188 valence electrons. The minimum absolute atomic E-state index is 0.0405. The van der Waals surface area contributed by atoms with Crippen molar-refractivity contribution in [3.63, 3.8) is 0 Å². The van der Waals surface area contributed by atoms with Gasteiger partial charge in [-0.1, -0.05) is 17.7 Å². The SMILES string of the molecule is O=C(CNC(=O)c1cccc(C(F)(F)F)c1)NC1CN(C2CCC(n3cc(Cl)ccc3=O)CC2)C1. The predicted octanol–water partition coefficient (Wildman–Crippen LogP) is 3.23. The summed E-state index contributed by atoms with van der Waals surface area (Å²) >= 11 is 6.03. The average Bonchev–Trinajstić information content (AvgIpc) is 2.81. The average molecular weight is 511 g/mol. The summed E-state index contributed by atoms with van der Waals surface area (Å²) in [6, 6.07) is 7.62. The predicted molar refractivity (Wildman–Crippen MR) is 124 cm³/mol. The second kappa shape index (κ2) is 10.4. The fraction of sp³-hybridized carbons (Fsp3) is 0.458. The van der Waals surface area contributed by atoms with Crippen molar-refractivity contribution in [3.8, 4) is 0 Å². The maximum atomic E-state index is 12.8. The smallest absolute Gasteiger partial charge is 0.349 e. The molecule has 2 heterocycles. The van der Waals surface area contributed by atoms with Gasteiger partial charge in [-0.2, -0.15) is 13.2 Å². The van der Waals surface area contributed by atoms with Gasteiger partial charge in [-0.15, -0.1) is 0 Å². The molecule has 2 fully saturated rings. The van der Waals surface area contributed by atoms with E-state index in [1.807, 2.05) is 0 Å². The molecular weight excluding hydrogens is 485 g/mol. The number of rotatable bonds is 6. The first kappa shape index (κ1) is 25.2. The summed E-state index contributed by atoms with van der Waals surface area (Å²) in [5.74, 6) is -1.13. The first-order chi connectivity index (χ1) is 16.6. The number of likely N-dealkylation sites (tertiary alicyclic amines) is 1. The molecule has 2 N–H and O–H groups in total. The second-order valence-corrected chi connectivity index (χ2v) is 9.47. The van der Waals surface area contributed by atoms with E-state index in [0.29, 0.717) is 24.2 Å². The zero-order valence-electron chi connectivity index (χ0n) is 18.9. The molecule has 35 heavy (non-hydrogen) atoms. The minimum Gasteiger partial charge on any atom is -0.349 e. The number of alkyl halides is 3. The first-order valence-corrected chi connectivity index (χ1v) is 11.8. The number of pyridine rings is 1. The number of nitrogens with one attached hydrogen (secondary N) is 2. The fourth-order valence-electron chi connectivity index (χ4n) is 4.74. The van der Waals surface area contributed by atoms with Crippen LogP contribution in [0.1, 0.15) is 47.6 Å². The Labute approximate surface area is 205 Å². The highest BCUT2D eigenvalue weighted by Gasteiger charge is 2.35. The van der Waals surface area contributed by atoms with Crippen molar-refractivity contribution in [2.75, 3.05) is 19.6 Å². The lowest BCUT2D eigenvalue weighted by Gasteiger charge is -2.46. The lowest BCUT2D eigenvalue weighted by atomic mass is 9.88. The molecule has 11 heteroatoms. The third-order valence-electron chi connectivity index (χ3n) is 6.61. The molecule has 2 amide bonds. The summed E-state index contributed by atoms with van der Waals surface area (Å²) in [6.07, 6.45) is 0.778. The van der Waals surface area contributed by atoms with Gasteiger partial charge in [-0.3, -0.25) is 19.3 Å². The number of halogens is 4. The highest BCUT2D eigenvalue weighted by atomic mass is 35.5. The molecule has 0 atom stereocenters. The van der Waals surface area contributed by atoms with Gasteiger partial charge in [0.15, 0.2) is 0 Å². The number of hydrogen-bond acceptors (Lipinski definition) is 4. The third-order valence-corrected chi connectivity index (χ3v) is 6.84. The van der Waals surface area contributed by atoms with E-state index in [1.165, 1.54) is 12.1 Å². The molecule has 2 aromatic rings. The monoisotopic (exact) mass is 510 g/mol.